The molecule has 1 aromatic heterocycles. The van der Waals surface area contributed by atoms with Gasteiger partial charge in [-0.25, -0.2) is 9.97 Å². The zero-order chi connectivity index (χ0) is 21.6. The van der Waals surface area contributed by atoms with Gasteiger partial charge in [0.05, 0.1) is 0 Å². The van der Waals surface area contributed by atoms with Crippen LogP contribution in [-0.2, 0) is 4.79 Å². The topological polar surface area (TPSA) is 70.2 Å². The van der Waals surface area contributed by atoms with Crippen molar-refractivity contribution in [3.8, 4) is 0 Å². The maximum Gasteiger partial charge on any atom is 0.248 e. The fourth-order valence-corrected chi connectivity index (χ4v) is 3.63. The van der Waals surface area contributed by atoms with E-state index in [9.17, 15) is 4.79 Å². The number of carbonyl (C=O) groups excluding carboxylic acids is 1. The molecule has 6 nitrogen and oxygen atoms in total. The van der Waals surface area contributed by atoms with Crippen molar-refractivity contribution < 1.29 is 4.79 Å². The van der Waals surface area contributed by atoms with Crippen LogP contribution in [0.3, 0.4) is 0 Å². The molecule has 1 fully saturated rings. The van der Waals surface area contributed by atoms with Crippen molar-refractivity contribution in [2.45, 2.75) is 26.7 Å². The average Bonchev–Trinajstić information content (AvgIpc) is 3.29. The molecule has 0 bridgehead atoms. The van der Waals surface area contributed by atoms with Gasteiger partial charge >= 0.3 is 0 Å². The molecule has 2 aromatic carbocycles. The number of rotatable bonds is 6. The molecule has 1 aliphatic rings. The maximum absolute atomic E-state index is 12.2. The van der Waals surface area contributed by atoms with Gasteiger partial charge < -0.3 is 15.5 Å². The van der Waals surface area contributed by atoms with Gasteiger partial charge in [-0.1, -0.05) is 24.3 Å². The van der Waals surface area contributed by atoms with Gasteiger partial charge in [-0.2, -0.15) is 0 Å². The van der Waals surface area contributed by atoms with Crippen LogP contribution in [0.5, 0.6) is 0 Å². The smallest absolute Gasteiger partial charge is 0.248 e. The Morgan fingerprint density at radius 1 is 0.968 bits per heavy atom. The summed E-state index contributed by atoms with van der Waals surface area (Å²) in [5, 5.41) is 6.23. The number of aryl methyl sites for hydroxylation is 2. The molecule has 2 heterocycles. The van der Waals surface area contributed by atoms with Gasteiger partial charge in [-0.05, 0) is 68.2 Å². The van der Waals surface area contributed by atoms with Crippen LogP contribution < -0.4 is 15.5 Å². The summed E-state index contributed by atoms with van der Waals surface area (Å²) in [6.45, 7) is 6.02. The molecule has 6 heteroatoms. The third-order valence-corrected chi connectivity index (χ3v) is 5.28. The minimum Gasteiger partial charge on any atom is -0.356 e. The summed E-state index contributed by atoms with van der Waals surface area (Å²) in [4.78, 5) is 23.6. The third-order valence-electron chi connectivity index (χ3n) is 5.28. The van der Waals surface area contributed by atoms with E-state index in [-0.39, 0.29) is 5.91 Å². The molecule has 0 aliphatic carbocycles. The van der Waals surface area contributed by atoms with Crippen molar-refractivity contribution in [3.63, 3.8) is 0 Å². The van der Waals surface area contributed by atoms with Gasteiger partial charge in [0, 0.05) is 36.6 Å². The van der Waals surface area contributed by atoms with Gasteiger partial charge in [-0.3, -0.25) is 4.79 Å². The first-order chi connectivity index (χ1) is 15.1. The normalized spacial score (nSPS) is 13.5. The van der Waals surface area contributed by atoms with E-state index < -0.39 is 0 Å². The first-order valence-electron chi connectivity index (χ1n) is 10.6. The summed E-state index contributed by atoms with van der Waals surface area (Å²) in [6, 6.07) is 17.5. The highest BCUT2D eigenvalue weighted by Gasteiger charge is 2.15. The van der Waals surface area contributed by atoms with Gasteiger partial charge in [0.25, 0.3) is 0 Å². The zero-order valence-electron chi connectivity index (χ0n) is 17.9. The van der Waals surface area contributed by atoms with Crippen LogP contribution in [0, 0.1) is 13.8 Å². The lowest BCUT2D eigenvalue weighted by Gasteiger charge is -2.18. The summed E-state index contributed by atoms with van der Waals surface area (Å²) < 4.78 is 0. The van der Waals surface area contributed by atoms with Crippen molar-refractivity contribution in [2.24, 2.45) is 0 Å². The van der Waals surface area contributed by atoms with Crippen molar-refractivity contribution in [1.82, 2.24) is 9.97 Å². The number of anilines is 4. The molecule has 0 unspecified atom stereocenters. The van der Waals surface area contributed by atoms with Crippen LogP contribution in [-0.4, -0.2) is 29.0 Å². The molecular weight excluding hydrogens is 386 g/mol. The van der Waals surface area contributed by atoms with Gasteiger partial charge in [0.1, 0.15) is 17.5 Å². The Morgan fingerprint density at radius 3 is 2.42 bits per heavy atom. The number of carbonyl (C=O) groups is 1. The van der Waals surface area contributed by atoms with Crippen LogP contribution in [0.4, 0.5) is 23.0 Å². The first-order valence-corrected chi connectivity index (χ1v) is 10.6. The Hall–Kier alpha value is -3.67. The first kappa shape index (κ1) is 20.6. The number of aromatic nitrogens is 2. The SMILES string of the molecule is Cc1nc(Nc2ccc(NC(=O)/C=C/c3ccccc3C)cc2)cc(N2CCCC2)n1. The van der Waals surface area contributed by atoms with Crippen molar-refractivity contribution in [3.05, 3.63) is 77.6 Å². The minimum atomic E-state index is -0.161. The fraction of sp³-hybridized carbons (Fsp3) is 0.240. The Balaban J connectivity index is 1.38. The molecule has 4 rings (SSSR count). The number of hydrogen-bond donors (Lipinski definition) is 2. The van der Waals surface area contributed by atoms with E-state index in [1.807, 2.05) is 74.5 Å². The lowest BCUT2D eigenvalue weighted by molar-refractivity contribution is -0.111. The van der Waals surface area contributed by atoms with E-state index in [0.717, 1.165) is 53.1 Å². The van der Waals surface area contributed by atoms with E-state index in [0.29, 0.717) is 0 Å². The monoisotopic (exact) mass is 413 g/mol. The predicted octanol–water partition coefficient (Wildman–Crippen LogP) is 5.09. The molecule has 3 aromatic rings. The Labute approximate surface area is 183 Å². The molecule has 31 heavy (non-hydrogen) atoms. The fourth-order valence-electron chi connectivity index (χ4n) is 3.63. The number of nitrogens with zero attached hydrogens (tertiary/aromatic N) is 3. The Morgan fingerprint density at radius 2 is 1.68 bits per heavy atom. The third kappa shape index (κ3) is 5.48. The van der Waals surface area contributed by atoms with Gasteiger partial charge in [-0.15, -0.1) is 0 Å². The summed E-state index contributed by atoms with van der Waals surface area (Å²) >= 11 is 0. The van der Waals surface area contributed by atoms with E-state index in [4.69, 9.17) is 0 Å². The van der Waals surface area contributed by atoms with Crippen LogP contribution >= 0.6 is 0 Å². The maximum atomic E-state index is 12.2. The predicted molar refractivity (Wildman–Crippen MR) is 127 cm³/mol. The molecule has 0 spiro atoms. The highest BCUT2D eigenvalue weighted by Crippen LogP contribution is 2.23. The van der Waals surface area contributed by atoms with Crippen molar-refractivity contribution >= 4 is 35.0 Å². The van der Waals surface area contributed by atoms with Crippen LogP contribution in [0.25, 0.3) is 6.08 Å². The highest BCUT2D eigenvalue weighted by molar-refractivity contribution is 6.02. The molecule has 2 N–H and O–H groups in total. The number of amides is 1. The zero-order valence-corrected chi connectivity index (χ0v) is 17.9. The standard InChI is InChI=1S/C25H27N5O/c1-18-7-3-4-8-20(18)9-14-25(31)29-22-12-10-21(11-13-22)28-23-17-24(27-19(2)26-23)30-15-5-6-16-30/h3-4,7-14,17H,5-6,15-16H2,1-2H3,(H,29,31)(H,26,27,28)/b14-9+. The molecular formula is C25H27N5O. The minimum absolute atomic E-state index is 0.161. The lowest BCUT2D eigenvalue weighted by atomic mass is 10.1. The molecule has 0 saturated carbocycles. The van der Waals surface area contributed by atoms with Crippen molar-refractivity contribution in [2.75, 3.05) is 28.6 Å². The summed E-state index contributed by atoms with van der Waals surface area (Å²) in [7, 11) is 0. The van der Waals surface area contributed by atoms with E-state index >= 15 is 0 Å². The summed E-state index contributed by atoms with van der Waals surface area (Å²) in [5.41, 5.74) is 3.81. The Kier molecular flexibility index (Phi) is 6.26. The van der Waals surface area contributed by atoms with E-state index in [2.05, 4.69) is 25.5 Å². The van der Waals surface area contributed by atoms with E-state index in [1.165, 1.54) is 12.8 Å². The average molecular weight is 414 g/mol. The number of benzene rings is 2. The molecule has 0 radical (unpaired) electrons. The molecule has 158 valence electrons. The van der Waals surface area contributed by atoms with Crippen LogP contribution in [0.1, 0.15) is 29.8 Å². The molecule has 1 saturated heterocycles. The van der Waals surface area contributed by atoms with E-state index in [1.54, 1.807) is 6.08 Å². The molecule has 1 amide bonds. The summed E-state index contributed by atoms with van der Waals surface area (Å²) in [5.74, 6) is 2.33. The summed E-state index contributed by atoms with van der Waals surface area (Å²) in [6.07, 6.45) is 5.80. The number of hydrogen-bond acceptors (Lipinski definition) is 5. The second kappa shape index (κ2) is 9.43. The molecule has 0 atom stereocenters. The molecule has 1 aliphatic heterocycles. The quantitative estimate of drug-likeness (QED) is 0.551. The van der Waals surface area contributed by atoms with Gasteiger partial charge in [0.15, 0.2) is 0 Å². The Bertz CT molecular complexity index is 1090. The van der Waals surface area contributed by atoms with Crippen molar-refractivity contribution in [1.29, 1.82) is 0 Å². The van der Waals surface area contributed by atoms with Crippen LogP contribution in [0.2, 0.25) is 0 Å². The second-order valence-corrected chi connectivity index (χ2v) is 7.73. The number of nitrogens with one attached hydrogen (secondary N) is 2. The van der Waals surface area contributed by atoms with Crippen LogP contribution in [0.15, 0.2) is 60.7 Å². The van der Waals surface area contributed by atoms with Gasteiger partial charge in [0.2, 0.25) is 5.91 Å². The largest absolute Gasteiger partial charge is 0.356 e. The second-order valence-electron chi connectivity index (χ2n) is 7.73. The lowest BCUT2D eigenvalue weighted by Crippen LogP contribution is -2.19. The highest BCUT2D eigenvalue weighted by atomic mass is 16.1.